The van der Waals surface area contributed by atoms with E-state index in [9.17, 15) is 18.0 Å². The maximum atomic E-state index is 13.5. The van der Waals surface area contributed by atoms with Crippen LogP contribution in [-0.2, 0) is 30.6 Å². The van der Waals surface area contributed by atoms with Crippen LogP contribution in [0.25, 0.3) is 22.2 Å². The summed E-state index contributed by atoms with van der Waals surface area (Å²) in [6.07, 6.45) is -2.21. The average Bonchev–Trinajstić information content (AvgIpc) is 3.43. The second kappa shape index (κ2) is 10.1. The number of halogens is 4. The SMILES string of the molecule is CCn1c(CN(C=O)c2nc3cc[nH]c3nc2N)[n+](Cc2ccccc2)c2ccc(C(F)(F)F)cc21.[Cl-]. The Hall–Kier alpha value is -4.12. The minimum Gasteiger partial charge on any atom is -1.00 e. The van der Waals surface area contributed by atoms with Gasteiger partial charge in [0.05, 0.1) is 12.1 Å². The number of amides is 1. The first-order valence-corrected chi connectivity index (χ1v) is 11.3. The largest absolute Gasteiger partial charge is 1.00 e. The normalized spacial score (nSPS) is 11.6. The summed E-state index contributed by atoms with van der Waals surface area (Å²) < 4.78 is 44.3. The summed E-state index contributed by atoms with van der Waals surface area (Å²) in [6, 6.07) is 15.0. The van der Waals surface area contributed by atoms with Gasteiger partial charge in [0.25, 0.3) is 5.82 Å². The molecule has 0 radical (unpaired) electrons. The number of nitrogens with two attached hydrogens (primary N) is 1. The summed E-state index contributed by atoms with van der Waals surface area (Å²) in [6.45, 7) is 2.66. The van der Waals surface area contributed by atoms with Crippen molar-refractivity contribution in [2.24, 2.45) is 0 Å². The Morgan fingerprint density at radius 2 is 1.89 bits per heavy atom. The van der Waals surface area contributed by atoms with Crippen LogP contribution in [0.3, 0.4) is 0 Å². The number of carbonyl (C=O) groups is 1. The number of fused-ring (bicyclic) bond motifs is 2. The van der Waals surface area contributed by atoms with E-state index in [0.29, 0.717) is 47.5 Å². The van der Waals surface area contributed by atoms with Gasteiger partial charge in [0.2, 0.25) is 6.41 Å². The third-order valence-electron chi connectivity index (χ3n) is 6.11. The Labute approximate surface area is 216 Å². The molecule has 3 N–H and O–H groups in total. The number of nitrogen functional groups attached to an aromatic ring is 1. The third kappa shape index (κ3) is 4.82. The Bertz CT molecular complexity index is 1560. The van der Waals surface area contributed by atoms with Gasteiger partial charge in [-0.05, 0) is 30.7 Å². The zero-order valence-corrected chi connectivity index (χ0v) is 20.5. The number of aromatic nitrogens is 5. The monoisotopic (exact) mass is 529 g/mol. The molecule has 0 fully saturated rings. The maximum absolute atomic E-state index is 13.5. The second-order valence-corrected chi connectivity index (χ2v) is 8.31. The summed E-state index contributed by atoms with van der Waals surface area (Å²) in [5.74, 6) is 0.857. The number of benzene rings is 2. The summed E-state index contributed by atoms with van der Waals surface area (Å²) in [4.78, 5) is 25.2. The molecule has 5 aromatic rings. The topological polar surface area (TPSA) is 96.7 Å². The van der Waals surface area contributed by atoms with Gasteiger partial charge in [0.15, 0.2) is 28.3 Å². The lowest BCUT2D eigenvalue weighted by Crippen LogP contribution is -3.00. The molecule has 0 bridgehead atoms. The van der Waals surface area contributed by atoms with Gasteiger partial charge in [-0.15, -0.1) is 0 Å². The molecule has 1 amide bonds. The average molecular weight is 530 g/mol. The summed E-state index contributed by atoms with van der Waals surface area (Å²) in [5.41, 5.74) is 8.41. The van der Waals surface area contributed by atoms with Crippen molar-refractivity contribution < 1.29 is 34.9 Å². The molecule has 0 atom stereocenters. The number of hydrogen-bond donors (Lipinski definition) is 2. The number of H-pyrrole nitrogens is 1. The molecular weight excluding hydrogens is 507 g/mol. The van der Waals surface area contributed by atoms with Crippen LogP contribution >= 0.6 is 0 Å². The molecule has 2 aromatic carbocycles. The van der Waals surface area contributed by atoms with Crippen molar-refractivity contribution in [2.45, 2.75) is 32.7 Å². The minimum atomic E-state index is -4.48. The number of aryl methyl sites for hydroxylation is 1. The van der Waals surface area contributed by atoms with Crippen molar-refractivity contribution in [3.63, 3.8) is 0 Å². The second-order valence-electron chi connectivity index (χ2n) is 8.31. The molecule has 3 aromatic heterocycles. The van der Waals surface area contributed by atoms with Crippen LogP contribution in [0.1, 0.15) is 23.9 Å². The molecule has 0 aliphatic heterocycles. The molecule has 12 heteroatoms. The number of nitrogens with zero attached hydrogens (tertiary/aromatic N) is 5. The van der Waals surface area contributed by atoms with Gasteiger partial charge < -0.3 is 23.1 Å². The fraction of sp³-hybridized carbons (Fsp3) is 0.200. The van der Waals surface area contributed by atoms with Crippen LogP contribution in [0.5, 0.6) is 0 Å². The third-order valence-corrected chi connectivity index (χ3v) is 6.11. The molecular formula is C25H23ClF3N7O. The number of anilines is 2. The fourth-order valence-corrected chi connectivity index (χ4v) is 4.43. The van der Waals surface area contributed by atoms with Gasteiger partial charge in [0.1, 0.15) is 18.6 Å². The van der Waals surface area contributed by atoms with Gasteiger partial charge in [-0.2, -0.15) is 13.2 Å². The highest BCUT2D eigenvalue weighted by Gasteiger charge is 2.34. The molecule has 0 unspecified atom stereocenters. The van der Waals surface area contributed by atoms with E-state index in [1.165, 1.54) is 11.0 Å². The first-order valence-electron chi connectivity index (χ1n) is 11.3. The molecule has 8 nitrogen and oxygen atoms in total. The zero-order chi connectivity index (χ0) is 25.4. The van der Waals surface area contributed by atoms with Gasteiger partial charge in [-0.1, -0.05) is 30.3 Å². The van der Waals surface area contributed by atoms with Gasteiger partial charge in [0, 0.05) is 12.3 Å². The smallest absolute Gasteiger partial charge is 0.416 e. The number of carbonyl (C=O) groups excluding carboxylic acids is 1. The molecule has 3 heterocycles. The highest BCUT2D eigenvalue weighted by Crippen LogP contribution is 2.32. The number of rotatable bonds is 7. The van der Waals surface area contributed by atoms with Crippen molar-refractivity contribution in [3.05, 3.63) is 77.7 Å². The van der Waals surface area contributed by atoms with Crippen LogP contribution in [0.2, 0.25) is 0 Å². The lowest BCUT2D eigenvalue weighted by atomic mass is 10.2. The van der Waals surface area contributed by atoms with Crippen molar-refractivity contribution in [1.82, 2.24) is 19.5 Å². The van der Waals surface area contributed by atoms with Crippen molar-refractivity contribution in [1.29, 1.82) is 0 Å². The van der Waals surface area contributed by atoms with E-state index in [1.807, 2.05) is 41.8 Å². The van der Waals surface area contributed by atoms with Crippen LogP contribution in [-0.4, -0.2) is 25.9 Å². The number of hydrogen-bond acceptors (Lipinski definition) is 4. The van der Waals surface area contributed by atoms with E-state index < -0.39 is 11.7 Å². The Morgan fingerprint density at radius 1 is 1.14 bits per heavy atom. The number of aromatic amines is 1. The van der Waals surface area contributed by atoms with E-state index >= 15 is 0 Å². The number of alkyl halides is 3. The molecule has 0 aliphatic carbocycles. The van der Waals surface area contributed by atoms with E-state index in [1.54, 1.807) is 16.8 Å². The highest BCUT2D eigenvalue weighted by atomic mass is 35.5. The van der Waals surface area contributed by atoms with Crippen molar-refractivity contribution >= 4 is 40.2 Å². The van der Waals surface area contributed by atoms with Crippen molar-refractivity contribution in [3.8, 4) is 0 Å². The van der Waals surface area contributed by atoms with Crippen LogP contribution in [0.15, 0.2) is 60.8 Å². The molecule has 5 rings (SSSR count). The van der Waals surface area contributed by atoms with E-state index in [-0.39, 0.29) is 30.6 Å². The number of nitrogens with one attached hydrogen (secondary N) is 1. The number of imidazole rings is 1. The van der Waals surface area contributed by atoms with Crippen molar-refractivity contribution in [2.75, 3.05) is 10.6 Å². The molecule has 37 heavy (non-hydrogen) atoms. The van der Waals surface area contributed by atoms with E-state index in [4.69, 9.17) is 5.73 Å². The van der Waals surface area contributed by atoms with E-state index in [0.717, 1.165) is 17.7 Å². The minimum absolute atomic E-state index is 0. The Kier molecular flexibility index (Phi) is 7.08. The predicted molar refractivity (Wildman–Crippen MR) is 129 cm³/mol. The van der Waals surface area contributed by atoms with Gasteiger partial charge >= 0.3 is 6.18 Å². The molecule has 0 saturated carbocycles. The quantitative estimate of drug-likeness (QED) is 0.243. The summed E-state index contributed by atoms with van der Waals surface area (Å²) >= 11 is 0. The van der Waals surface area contributed by atoms with Crippen LogP contribution in [0.4, 0.5) is 24.8 Å². The van der Waals surface area contributed by atoms with Gasteiger partial charge in [-0.3, -0.25) is 9.69 Å². The molecule has 192 valence electrons. The summed E-state index contributed by atoms with van der Waals surface area (Å²) in [5, 5.41) is 0. The zero-order valence-electron chi connectivity index (χ0n) is 19.7. The first-order chi connectivity index (χ1) is 17.3. The fourth-order valence-electron chi connectivity index (χ4n) is 4.43. The Balaban J connectivity index is 0.00000320. The molecule has 0 spiro atoms. The van der Waals surface area contributed by atoms with E-state index in [2.05, 4.69) is 15.0 Å². The van der Waals surface area contributed by atoms with Gasteiger partial charge in [-0.25, -0.2) is 19.1 Å². The molecule has 0 aliphatic rings. The maximum Gasteiger partial charge on any atom is 0.416 e. The molecule has 0 saturated heterocycles. The van der Waals surface area contributed by atoms with Crippen LogP contribution in [0, 0.1) is 0 Å². The lowest BCUT2D eigenvalue weighted by Gasteiger charge is -2.17. The Morgan fingerprint density at radius 3 is 2.57 bits per heavy atom. The summed E-state index contributed by atoms with van der Waals surface area (Å²) in [7, 11) is 0. The first kappa shape index (κ1) is 26.0. The highest BCUT2D eigenvalue weighted by molar-refractivity contribution is 5.84. The lowest BCUT2D eigenvalue weighted by molar-refractivity contribution is -0.671. The predicted octanol–water partition coefficient (Wildman–Crippen LogP) is 1.04. The van der Waals surface area contributed by atoms with Crippen LogP contribution < -0.4 is 27.6 Å². The standard InChI is InChI=1S/C25H23F3N7O.ClH/c1-2-34-20-12-17(25(26,27)28)8-9-19(20)35(13-16-6-4-3-5-7-16)21(34)14-33(15-36)24-22(29)32-23-18(31-24)10-11-30-23;/h3-12,15H,2,13-14H2,1H3,(H3,29,30,32);1H/q+1;/p-1.